The molecule has 0 radical (unpaired) electrons. The second-order valence-electron chi connectivity index (χ2n) is 1.51. The van der Waals surface area contributed by atoms with E-state index in [4.69, 9.17) is 4.52 Å². The van der Waals surface area contributed by atoms with Gasteiger partial charge in [-0.2, -0.15) is 2.65 Å². The monoisotopic (exact) mass is 896 g/mol. The minimum atomic E-state index is -1.20. The molecule has 3 nitrogen and oxygen atoms in total. The lowest BCUT2D eigenvalue weighted by Gasteiger charge is -2.36. The van der Waals surface area contributed by atoms with Gasteiger partial charge in [0.15, 0.2) is 8.36 Å². The predicted molar refractivity (Wildman–Crippen MR) is 111 cm³/mol. The molecule has 0 spiro atoms. The van der Waals surface area contributed by atoms with E-state index in [2.05, 4.69) is 139 Å². The zero-order valence-electron chi connectivity index (χ0n) is 4.95. The van der Waals surface area contributed by atoms with Gasteiger partial charge in [0.25, 0.3) is 0 Å². The van der Waals surface area contributed by atoms with Crippen molar-refractivity contribution in [1.29, 1.82) is 0 Å². The number of nitrogens with zero attached hydrogens (tertiary/aromatic N) is 3. The zero-order valence-corrected chi connectivity index (χ0v) is 20.6. The third-order valence-electron chi connectivity index (χ3n) is 0.789. The first-order chi connectivity index (χ1) is 5.36. The molecular weight excluding hydrogens is 896 g/mol. The number of hydrogen-bond donors (Lipinski definition) is 0. The van der Waals surface area contributed by atoms with Gasteiger partial charge < -0.3 is 0 Å². The molecule has 0 saturated heterocycles. The Hall–Kier alpha value is 5.39. The van der Waals surface area contributed by atoms with Crippen molar-refractivity contribution in [3.05, 3.63) is 0 Å². The molecule has 0 aromatic rings. The van der Waals surface area contributed by atoms with Gasteiger partial charge in [-0.1, -0.05) is 0 Å². The van der Waals surface area contributed by atoms with Crippen molar-refractivity contribution in [3.63, 3.8) is 0 Å². The molecular formula is I6N3P3. The van der Waals surface area contributed by atoms with Crippen LogP contribution in [0.25, 0.3) is 0 Å². The van der Waals surface area contributed by atoms with Crippen LogP contribution in [0.1, 0.15) is 0 Å². The Balaban J connectivity index is 3.01. The van der Waals surface area contributed by atoms with Crippen LogP contribution < -0.4 is 0 Å². The molecule has 2 unspecified atom stereocenters. The maximum absolute atomic E-state index is 4.81. The zero-order chi connectivity index (χ0) is 9.52. The summed E-state index contributed by atoms with van der Waals surface area (Å²) in [5, 5.41) is 0. The maximum Gasteiger partial charge on any atom is 0.171 e. The molecule has 12 heavy (non-hydrogen) atoms. The Kier molecular flexibility index (Phi) is 8.40. The Morgan fingerprint density at radius 1 is 1.17 bits per heavy atom. The average Bonchev–Trinajstić information content (AvgIpc) is 1.97. The van der Waals surface area contributed by atoms with Crippen molar-refractivity contribution in [1.82, 2.24) is 5.31 Å². The molecule has 1 aliphatic rings. The third-order valence-corrected chi connectivity index (χ3v) is 40.5. The summed E-state index contributed by atoms with van der Waals surface area (Å²) in [6, 6.07) is 0. The molecule has 0 aliphatic carbocycles. The predicted octanol–water partition coefficient (Wildman–Crippen LogP) is 7.44. The Morgan fingerprint density at radius 2 is 1.67 bits per heavy atom. The molecule has 0 N–H and O–H groups in total. The first-order valence-corrected chi connectivity index (χ1v) is 19.5. The minimum Gasteiger partial charge on any atom is -0.216 e. The first-order valence-electron chi connectivity index (χ1n) is 2.21. The highest BCUT2D eigenvalue weighted by Gasteiger charge is 2.38. The van der Waals surface area contributed by atoms with E-state index < -0.39 is 2.49 Å². The van der Waals surface area contributed by atoms with Crippen LogP contribution in [-0.2, 0) is 0 Å². The van der Waals surface area contributed by atoms with Crippen molar-refractivity contribution in [2.75, 3.05) is 0 Å². The second kappa shape index (κ2) is 6.53. The van der Waals surface area contributed by atoms with Gasteiger partial charge in [-0.05, 0) is 88.2 Å². The van der Waals surface area contributed by atoms with Gasteiger partial charge in [0, 0.05) is 45.7 Å². The molecule has 0 amide bonds. The Labute approximate surface area is 154 Å². The smallest absolute Gasteiger partial charge is 0.171 e. The van der Waals surface area contributed by atoms with Crippen molar-refractivity contribution in [3.8, 4) is 0 Å². The molecule has 0 aromatic carbocycles. The lowest BCUT2D eigenvalue weighted by molar-refractivity contribution is 1.18. The second-order valence-corrected chi connectivity index (χ2v) is 30.1. The van der Waals surface area contributed by atoms with Crippen molar-refractivity contribution in [2.45, 2.75) is 0 Å². The van der Waals surface area contributed by atoms with Gasteiger partial charge in [0.05, 0.1) is 0 Å². The van der Waals surface area contributed by atoms with Crippen LogP contribution in [-0.4, -0.2) is 5.31 Å². The van der Waals surface area contributed by atoms with Gasteiger partial charge in [0.2, 0.25) is 0 Å². The third kappa shape index (κ3) is 3.95. The summed E-state index contributed by atoms with van der Waals surface area (Å²) in [4.78, 5) is 0. The Morgan fingerprint density at radius 3 is 2.17 bits per heavy atom. The summed E-state index contributed by atoms with van der Waals surface area (Å²) in [6.07, 6.45) is 0. The molecule has 0 aromatic heterocycles. The number of rotatable bonds is 0. The largest absolute Gasteiger partial charge is 0.216 e. The van der Waals surface area contributed by atoms with Gasteiger partial charge in [-0.3, -0.25) is 0 Å². The first kappa shape index (κ1) is 15.4. The van der Waals surface area contributed by atoms with Gasteiger partial charge in [0.1, 0.15) is 5.87 Å². The standard InChI is InChI=1S/I6N3P3/c1-8-10(3)7-12(5,6)9(2)11(8)4. The molecule has 1 rings (SSSR count). The van der Waals surface area contributed by atoms with E-state index in [0.29, 0.717) is 0 Å². The van der Waals surface area contributed by atoms with Crippen LogP contribution in [0.2, 0.25) is 0 Å². The van der Waals surface area contributed by atoms with E-state index in [-0.39, 0.29) is 11.7 Å². The highest BCUT2D eigenvalue weighted by atomic mass is 127. The lowest BCUT2D eigenvalue weighted by Crippen LogP contribution is -2.03. The molecule has 0 bridgehead atoms. The quantitative estimate of drug-likeness (QED) is 0.143. The summed E-state index contributed by atoms with van der Waals surface area (Å²) >= 11 is 14.8. The number of halogens is 6. The Bertz CT molecular complexity index is 224. The lowest BCUT2D eigenvalue weighted by atomic mass is 13.8. The molecule has 2 atom stereocenters. The SMILES string of the molecule is IN1P(I)N=P(I)(I)N(I)P1I. The number of hydrogen-bond acceptors (Lipinski definition) is 3. The van der Waals surface area contributed by atoms with E-state index in [1.165, 1.54) is 0 Å². The van der Waals surface area contributed by atoms with E-state index in [1.54, 1.807) is 0 Å². The topological polar surface area (TPSA) is 18.8 Å². The summed E-state index contributed by atoms with van der Waals surface area (Å²) in [5.41, 5.74) is 0. The summed E-state index contributed by atoms with van der Waals surface area (Å²) in [6.45, 7) is 0. The fraction of sp³-hybridized carbons (Fsp3) is 0. The molecule has 0 fully saturated rings. The van der Waals surface area contributed by atoms with E-state index in [9.17, 15) is 0 Å². The van der Waals surface area contributed by atoms with Gasteiger partial charge >= 0.3 is 0 Å². The summed E-state index contributed by atoms with van der Waals surface area (Å²) in [7, 11) is 0. The molecule has 0 saturated carbocycles. The van der Waals surface area contributed by atoms with Crippen molar-refractivity contribution >= 4 is 148 Å². The van der Waals surface area contributed by atoms with E-state index in [0.717, 1.165) is 0 Å². The normalized spacial score (nSPS) is 37.8. The fourth-order valence-corrected chi connectivity index (χ4v) is 40.5. The highest BCUT2D eigenvalue weighted by molar-refractivity contribution is 14.3. The van der Waals surface area contributed by atoms with Crippen LogP contribution in [0.3, 0.4) is 0 Å². The summed E-state index contributed by atoms with van der Waals surface area (Å²) < 4.78 is 8.36. The van der Waals surface area contributed by atoms with Crippen LogP contribution in [0.5, 0.6) is 0 Å². The minimum absolute atomic E-state index is 0.169. The maximum atomic E-state index is 4.81. The molecule has 12 heteroatoms. The highest BCUT2D eigenvalue weighted by Crippen LogP contribution is 2.90. The van der Waals surface area contributed by atoms with Crippen LogP contribution in [0.15, 0.2) is 4.52 Å². The molecule has 1 heterocycles. The van der Waals surface area contributed by atoms with Crippen molar-refractivity contribution < 1.29 is 0 Å². The van der Waals surface area contributed by atoms with Gasteiger partial charge in [-0.25, -0.2) is 4.52 Å². The van der Waals surface area contributed by atoms with Gasteiger partial charge in [-0.15, -0.1) is 2.65 Å². The average molecular weight is 896 g/mol. The van der Waals surface area contributed by atoms with E-state index >= 15 is 0 Å². The van der Waals surface area contributed by atoms with Crippen LogP contribution in [0.4, 0.5) is 0 Å². The fourth-order valence-electron chi connectivity index (χ4n) is 0.365. The molecule has 72 valence electrons. The van der Waals surface area contributed by atoms with Crippen molar-refractivity contribution in [2.24, 2.45) is 4.52 Å². The molecule has 1 aliphatic heterocycles. The van der Waals surface area contributed by atoms with Crippen LogP contribution in [0, 0.1) is 0 Å². The van der Waals surface area contributed by atoms with E-state index in [1.807, 2.05) is 0 Å². The van der Waals surface area contributed by atoms with Crippen LogP contribution >= 0.6 is 148 Å². The summed E-state index contributed by atoms with van der Waals surface area (Å²) in [5.74, 6) is -0.452.